The first-order valence-electron chi connectivity index (χ1n) is 13.1. The molecule has 0 fully saturated rings. The smallest absolute Gasteiger partial charge is 0.344 e. The average molecular weight is 573 g/mol. The van der Waals surface area contributed by atoms with E-state index < -0.39 is 48.9 Å². The van der Waals surface area contributed by atoms with Crippen molar-refractivity contribution >= 4 is 29.7 Å². The summed E-state index contributed by atoms with van der Waals surface area (Å²) in [6, 6.07) is 11.5. The van der Waals surface area contributed by atoms with Crippen LogP contribution in [0.4, 0.5) is 0 Å². The van der Waals surface area contributed by atoms with Crippen LogP contribution in [0.2, 0.25) is 0 Å². The maximum absolute atomic E-state index is 12.8. The number of hydrogen-bond donors (Lipinski definition) is 3. The van der Waals surface area contributed by atoms with Crippen LogP contribution < -0.4 is 20.1 Å². The maximum atomic E-state index is 12.8. The van der Waals surface area contributed by atoms with Gasteiger partial charge < -0.3 is 34.7 Å². The Morgan fingerprint density at radius 2 is 1.61 bits per heavy atom. The van der Waals surface area contributed by atoms with E-state index >= 15 is 0 Å². The van der Waals surface area contributed by atoms with Crippen LogP contribution in [0.15, 0.2) is 48.5 Å². The van der Waals surface area contributed by atoms with Crippen molar-refractivity contribution in [2.24, 2.45) is 5.92 Å². The van der Waals surface area contributed by atoms with Gasteiger partial charge >= 0.3 is 17.9 Å². The van der Waals surface area contributed by atoms with Crippen LogP contribution >= 0.6 is 0 Å². The standard InChI is InChI=1S/C29H36N2O10/c1-4-12-38-27(35)18-40-22-10-8-20(9-11-22)13-24(29(37)41-16-19(2)3)31-25(32)15-30-28(36)21-6-5-7-23(14-21)39-17-26(33)34/h5-11,14,19,24H,4,12-13,15-18H2,1-3H3,(H,30,36)(H,31,32)(H,33,34)/t24-/m0/s1. The zero-order valence-corrected chi connectivity index (χ0v) is 23.3. The first-order valence-corrected chi connectivity index (χ1v) is 13.1. The fraction of sp³-hybridized carbons (Fsp3) is 0.414. The fourth-order valence-electron chi connectivity index (χ4n) is 3.28. The average Bonchev–Trinajstić information content (AvgIpc) is 2.95. The summed E-state index contributed by atoms with van der Waals surface area (Å²) in [5.41, 5.74) is 0.856. The van der Waals surface area contributed by atoms with E-state index in [1.54, 1.807) is 24.3 Å². The molecule has 0 spiro atoms. The zero-order chi connectivity index (χ0) is 30.2. The Hall–Kier alpha value is -4.61. The summed E-state index contributed by atoms with van der Waals surface area (Å²) in [5.74, 6) is -2.76. The molecule has 41 heavy (non-hydrogen) atoms. The highest BCUT2D eigenvalue weighted by Crippen LogP contribution is 2.15. The van der Waals surface area contributed by atoms with Gasteiger partial charge in [0.1, 0.15) is 17.5 Å². The van der Waals surface area contributed by atoms with E-state index in [4.69, 9.17) is 24.1 Å². The highest BCUT2D eigenvalue weighted by molar-refractivity contribution is 5.97. The number of amides is 2. The number of hydrogen-bond acceptors (Lipinski definition) is 9. The molecule has 12 nitrogen and oxygen atoms in total. The van der Waals surface area contributed by atoms with Gasteiger partial charge in [0.25, 0.3) is 5.91 Å². The molecule has 2 amide bonds. The molecule has 1 atom stereocenters. The van der Waals surface area contributed by atoms with Gasteiger partial charge in [-0.1, -0.05) is 39.0 Å². The SMILES string of the molecule is CCCOC(=O)COc1ccc(C[C@H](NC(=O)CNC(=O)c2cccc(OCC(=O)O)c2)C(=O)OCC(C)C)cc1. The first kappa shape index (κ1) is 32.6. The molecule has 0 aromatic heterocycles. The summed E-state index contributed by atoms with van der Waals surface area (Å²) in [6.45, 7) is 4.93. The van der Waals surface area contributed by atoms with Gasteiger partial charge in [-0.15, -0.1) is 0 Å². The fourth-order valence-corrected chi connectivity index (χ4v) is 3.28. The third-order valence-electron chi connectivity index (χ3n) is 5.23. The van der Waals surface area contributed by atoms with E-state index in [2.05, 4.69) is 10.6 Å². The van der Waals surface area contributed by atoms with Crippen LogP contribution in [0, 0.1) is 5.92 Å². The van der Waals surface area contributed by atoms with Crippen LogP contribution in [-0.2, 0) is 35.1 Å². The molecule has 0 heterocycles. The van der Waals surface area contributed by atoms with Crippen LogP contribution in [0.5, 0.6) is 11.5 Å². The summed E-state index contributed by atoms with van der Waals surface area (Å²) >= 11 is 0. The van der Waals surface area contributed by atoms with Crippen molar-refractivity contribution in [1.29, 1.82) is 0 Å². The molecular weight excluding hydrogens is 536 g/mol. The van der Waals surface area contributed by atoms with Crippen molar-refractivity contribution in [2.45, 2.75) is 39.7 Å². The minimum atomic E-state index is -1.16. The second-order valence-corrected chi connectivity index (χ2v) is 9.39. The van der Waals surface area contributed by atoms with Crippen molar-refractivity contribution in [3.05, 3.63) is 59.7 Å². The molecule has 3 N–H and O–H groups in total. The van der Waals surface area contributed by atoms with E-state index in [9.17, 15) is 24.0 Å². The quantitative estimate of drug-likeness (QED) is 0.239. The van der Waals surface area contributed by atoms with Crippen molar-refractivity contribution in [3.63, 3.8) is 0 Å². The number of rotatable bonds is 17. The molecule has 0 unspecified atom stereocenters. The highest BCUT2D eigenvalue weighted by atomic mass is 16.6. The van der Waals surface area contributed by atoms with Crippen molar-refractivity contribution in [3.8, 4) is 11.5 Å². The summed E-state index contributed by atoms with van der Waals surface area (Å²) in [6.07, 6.45) is 0.821. The van der Waals surface area contributed by atoms with E-state index in [0.29, 0.717) is 24.3 Å². The molecule has 0 aliphatic carbocycles. The van der Waals surface area contributed by atoms with Gasteiger partial charge in [-0.2, -0.15) is 0 Å². The lowest BCUT2D eigenvalue weighted by atomic mass is 10.1. The van der Waals surface area contributed by atoms with Crippen molar-refractivity contribution < 1.29 is 48.0 Å². The molecular formula is C29H36N2O10. The number of carbonyl (C=O) groups excluding carboxylic acids is 4. The predicted molar refractivity (Wildman–Crippen MR) is 147 cm³/mol. The van der Waals surface area contributed by atoms with Crippen LogP contribution in [0.3, 0.4) is 0 Å². The Labute approximate surface area is 238 Å². The molecule has 0 radical (unpaired) electrons. The number of carboxylic acid groups (broad SMARTS) is 1. The van der Waals surface area contributed by atoms with Crippen LogP contribution in [-0.4, -0.2) is 73.8 Å². The molecule has 0 aliphatic heterocycles. The molecule has 222 valence electrons. The lowest BCUT2D eigenvalue weighted by molar-refractivity contribution is -0.149. The van der Waals surface area contributed by atoms with E-state index in [1.165, 1.54) is 24.3 Å². The summed E-state index contributed by atoms with van der Waals surface area (Å²) in [5, 5.41) is 13.8. The van der Waals surface area contributed by atoms with Gasteiger partial charge in [0.2, 0.25) is 5.91 Å². The van der Waals surface area contributed by atoms with Gasteiger partial charge in [0.05, 0.1) is 19.8 Å². The number of nitrogens with one attached hydrogen (secondary N) is 2. The summed E-state index contributed by atoms with van der Waals surface area (Å²) in [7, 11) is 0. The van der Waals surface area contributed by atoms with Gasteiger partial charge in [-0.05, 0) is 48.2 Å². The molecule has 0 saturated heterocycles. The number of aliphatic carboxylic acids is 1. The third kappa shape index (κ3) is 12.9. The van der Waals surface area contributed by atoms with Crippen molar-refractivity contribution in [2.75, 3.05) is 33.0 Å². The number of carboxylic acids is 1. The predicted octanol–water partition coefficient (Wildman–Crippen LogP) is 2.14. The second kappa shape index (κ2) is 17.2. The maximum Gasteiger partial charge on any atom is 0.344 e. The van der Waals surface area contributed by atoms with Crippen LogP contribution in [0.25, 0.3) is 0 Å². The Kier molecular flexibility index (Phi) is 13.6. The highest BCUT2D eigenvalue weighted by Gasteiger charge is 2.24. The molecule has 0 bridgehead atoms. The molecule has 12 heteroatoms. The minimum Gasteiger partial charge on any atom is -0.482 e. The number of carbonyl (C=O) groups is 5. The van der Waals surface area contributed by atoms with Crippen LogP contribution in [0.1, 0.15) is 43.1 Å². The van der Waals surface area contributed by atoms with E-state index in [1.807, 2.05) is 20.8 Å². The zero-order valence-electron chi connectivity index (χ0n) is 23.3. The number of benzene rings is 2. The Morgan fingerprint density at radius 1 is 0.902 bits per heavy atom. The Balaban J connectivity index is 1.97. The number of ether oxygens (including phenoxy) is 4. The van der Waals surface area contributed by atoms with Gasteiger partial charge in [0.15, 0.2) is 13.2 Å². The minimum absolute atomic E-state index is 0.0882. The van der Waals surface area contributed by atoms with E-state index in [-0.39, 0.29) is 36.9 Å². The Morgan fingerprint density at radius 3 is 2.27 bits per heavy atom. The molecule has 0 aliphatic rings. The molecule has 2 aromatic carbocycles. The lowest BCUT2D eigenvalue weighted by Gasteiger charge is -2.19. The molecule has 0 saturated carbocycles. The van der Waals surface area contributed by atoms with Crippen molar-refractivity contribution in [1.82, 2.24) is 10.6 Å². The van der Waals surface area contributed by atoms with E-state index in [0.717, 1.165) is 0 Å². The summed E-state index contributed by atoms with van der Waals surface area (Å²) < 4.78 is 20.8. The Bertz CT molecular complexity index is 1180. The molecule has 2 rings (SSSR count). The third-order valence-corrected chi connectivity index (χ3v) is 5.23. The largest absolute Gasteiger partial charge is 0.482 e. The first-order chi connectivity index (χ1) is 19.6. The molecule has 2 aromatic rings. The van der Waals surface area contributed by atoms with Gasteiger partial charge in [-0.25, -0.2) is 14.4 Å². The second-order valence-electron chi connectivity index (χ2n) is 9.39. The van der Waals surface area contributed by atoms with Gasteiger partial charge in [-0.3, -0.25) is 9.59 Å². The topological polar surface area (TPSA) is 167 Å². The van der Waals surface area contributed by atoms with Gasteiger partial charge in [0, 0.05) is 12.0 Å². The summed E-state index contributed by atoms with van der Waals surface area (Å²) in [4.78, 5) is 60.2. The number of esters is 2. The monoisotopic (exact) mass is 572 g/mol. The normalized spacial score (nSPS) is 11.2. The lowest BCUT2D eigenvalue weighted by Crippen LogP contribution is -2.47.